The summed E-state index contributed by atoms with van der Waals surface area (Å²) in [5.41, 5.74) is -5.74. The molecule has 114 valence electrons. The number of phosphoric ester groups is 1. The van der Waals surface area contributed by atoms with Crippen molar-refractivity contribution in [2.45, 2.75) is 12.4 Å². The van der Waals surface area contributed by atoms with Gasteiger partial charge in [0.2, 0.25) is 0 Å². The van der Waals surface area contributed by atoms with E-state index in [0.29, 0.717) is 0 Å². The highest BCUT2D eigenvalue weighted by Gasteiger charge is 2.53. The molecule has 6 nitrogen and oxygen atoms in total. The Bertz CT molecular complexity index is 585. The second kappa shape index (κ2) is 6.13. The number of para-hydroxylation sites is 1. The second-order valence-corrected chi connectivity index (χ2v) is 6.55. The number of benzene rings is 1. The first kappa shape index (κ1) is 17.0. The Balaban J connectivity index is 3.02. The molecule has 0 saturated carbocycles. The van der Waals surface area contributed by atoms with Crippen molar-refractivity contribution in [3.8, 4) is 5.75 Å². The lowest BCUT2D eigenvalue weighted by Gasteiger charge is -2.18. The van der Waals surface area contributed by atoms with Crippen LogP contribution in [0.5, 0.6) is 5.75 Å². The van der Waals surface area contributed by atoms with E-state index < -0.39 is 23.4 Å². The van der Waals surface area contributed by atoms with Gasteiger partial charge < -0.3 is 4.52 Å². The predicted molar refractivity (Wildman–Crippen MR) is 62.4 cm³/mol. The molecule has 0 amide bonds. The number of halogens is 3. The van der Waals surface area contributed by atoms with Gasteiger partial charge in [-0.15, -0.1) is 3.97 Å². The van der Waals surface area contributed by atoms with Crippen LogP contribution in [0.15, 0.2) is 30.3 Å². The molecule has 0 aromatic heterocycles. The summed E-state index contributed by atoms with van der Waals surface area (Å²) in [6, 6.07) is 6.92. The minimum Gasteiger partial charge on any atom is -0.403 e. The van der Waals surface area contributed by atoms with Crippen LogP contribution in [0.4, 0.5) is 13.2 Å². The van der Waals surface area contributed by atoms with Crippen LogP contribution in [0.1, 0.15) is 6.92 Å². The molecule has 11 heteroatoms. The van der Waals surface area contributed by atoms with Gasteiger partial charge in [-0.1, -0.05) is 18.2 Å². The fourth-order valence-corrected chi connectivity index (χ4v) is 3.34. The zero-order valence-electron chi connectivity index (χ0n) is 10.0. The van der Waals surface area contributed by atoms with E-state index in [1.165, 1.54) is 31.2 Å². The summed E-state index contributed by atoms with van der Waals surface area (Å²) in [6.45, 7) is 0.905. The van der Waals surface area contributed by atoms with Gasteiger partial charge >= 0.3 is 23.4 Å². The average molecular weight is 334 g/mol. The van der Waals surface area contributed by atoms with E-state index in [1.807, 2.05) is 0 Å². The van der Waals surface area contributed by atoms with Crippen molar-refractivity contribution in [1.29, 1.82) is 0 Å². The molecule has 1 unspecified atom stereocenters. The summed E-state index contributed by atoms with van der Waals surface area (Å²) in [7, 11) is -11.1. The van der Waals surface area contributed by atoms with Crippen molar-refractivity contribution in [1.82, 2.24) is 0 Å². The van der Waals surface area contributed by atoms with Crippen molar-refractivity contribution in [3.63, 3.8) is 0 Å². The number of phosphoric acid groups is 1. The van der Waals surface area contributed by atoms with E-state index in [1.54, 1.807) is 6.07 Å². The maximum atomic E-state index is 12.2. The third-order valence-electron chi connectivity index (χ3n) is 1.72. The lowest BCUT2D eigenvalue weighted by atomic mass is 10.3. The van der Waals surface area contributed by atoms with E-state index in [4.69, 9.17) is 0 Å². The van der Waals surface area contributed by atoms with Crippen LogP contribution in [0.2, 0.25) is 0 Å². The van der Waals surface area contributed by atoms with Crippen molar-refractivity contribution >= 4 is 17.9 Å². The lowest BCUT2D eigenvalue weighted by molar-refractivity contribution is -0.0510. The molecule has 0 spiro atoms. The fraction of sp³-hybridized carbons (Fsp3) is 0.333. The molecule has 0 bridgehead atoms. The van der Waals surface area contributed by atoms with Crippen LogP contribution in [0, 0.1) is 0 Å². The Morgan fingerprint density at radius 1 is 1.20 bits per heavy atom. The third-order valence-corrected chi connectivity index (χ3v) is 4.81. The third kappa shape index (κ3) is 4.48. The maximum absolute atomic E-state index is 12.2. The van der Waals surface area contributed by atoms with Crippen LogP contribution in [0.25, 0.3) is 0 Å². The van der Waals surface area contributed by atoms with Crippen LogP contribution in [-0.4, -0.2) is 20.5 Å². The fourth-order valence-electron chi connectivity index (χ4n) is 0.994. The molecule has 20 heavy (non-hydrogen) atoms. The van der Waals surface area contributed by atoms with E-state index >= 15 is 0 Å². The zero-order chi connectivity index (χ0) is 15.4. The summed E-state index contributed by atoms with van der Waals surface area (Å²) in [4.78, 5) is 0. The predicted octanol–water partition coefficient (Wildman–Crippen LogP) is 3.08. The van der Waals surface area contributed by atoms with Crippen LogP contribution >= 0.6 is 7.82 Å². The molecule has 0 N–H and O–H groups in total. The molecule has 1 aromatic carbocycles. The number of alkyl halides is 3. The SMILES string of the molecule is CCOP(=O)(Oc1ccccc1)OS(=O)(=O)C(F)(F)F. The molecule has 0 saturated heterocycles. The summed E-state index contributed by atoms with van der Waals surface area (Å²) < 4.78 is 82.8. The summed E-state index contributed by atoms with van der Waals surface area (Å²) >= 11 is 0. The van der Waals surface area contributed by atoms with Gasteiger partial charge in [-0.3, -0.25) is 4.52 Å². The molecule has 0 radical (unpaired) electrons. The van der Waals surface area contributed by atoms with Gasteiger partial charge in [0, 0.05) is 0 Å². The van der Waals surface area contributed by atoms with Gasteiger partial charge in [0.05, 0.1) is 6.61 Å². The normalized spacial score (nSPS) is 15.6. The Kier molecular flexibility index (Phi) is 5.20. The topological polar surface area (TPSA) is 78.9 Å². The van der Waals surface area contributed by atoms with E-state index in [2.05, 4.69) is 13.0 Å². The van der Waals surface area contributed by atoms with Crippen LogP contribution < -0.4 is 4.52 Å². The molecule has 0 heterocycles. The average Bonchev–Trinajstić information content (AvgIpc) is 2.27. The molecular formula is C9H10F3O6PS. The maximum Gasteiger partial charge on any atom is 0.545 e. The first-order valence-corrected chi connectivity index (χ1v) is 7.98. The van der Waals surface area contributed by atoms with E-state index in [-0.39, 0.29) is 12.4 Å². The molecule has 1 rings (SSSR count). The van der Waals surface area contributed by atoms with Gasteiger partial charge in [-0.2, -0.15) is 21.6 Å². The Morgan fingerprint density at radius 2 is 1.75 bits per heavy atom. The van der Waals surface area contributed by atoms with E-state index in [0.717, 1.165) is 0 Å². The van der Waals surface area contributed by atoms with Gasteiger partial charge in [0.1, 0.15) is 5.75 Å². The molecule has 1 aromatic rings. The van der Waals surface area contributed by atoms with Crippen LogP contribution in [-0.2, 0) is 23.2 Å². The van der Waals surface area contributed by atoms with Gasteiger partial charge in [-0.05, 0) is 19.1 Å². The number of rotatable bonds is 6. The van der Waals surface area contributed by atoms with Gasteiger partial charge in [0.25, 0.3) is 0 Å². The minimum absolute atomic E-state index is 0.165. The molecule has 1 atom stereocenters. The smallest absolute Gasteiger partial charge is 0.403 e. The van der Waals surface area contributed by atoms with Crippen molar-refractivity contribution in [3.05, 3.63) is 30.3 Å². The monoisotopic (exact) mass is 334 g/mol. The van der Waals surface area contributed by atoms with Crippen molar-refractivity contribution < 1.29 is 39.2 Å². The summed E-state index contributed by atoms with van der Waals surface area (Å²) in [6.07, 6.45) is 0. The number of hydrogen-bond donors (Lipinski definition) is 0. The van der Waals surface area contributed by atoms with Gasteiger partial charge in [-0.25, -0.2) is 4.57 Å². The second-order valence-electron chi connectivity index (χ2n) is 3.24. The highest BCUT2D eigenvalue weighted by atomic mass is 32.2. The highest BCUT2D eigenvalue weighted by Crippen LogP contribution is 2.52. The molecule has 0 aliphatic rings. The number of hydrogen-bond acceptors (Lipinski definition) is 6. The molecule has 0 fully saturated rings. The Labute approximate surface area is 113 Å². The molecular weight excluding hydrogens is 324 g/mol. The van der Waals surface area contributed by atoms with Gasteiger partial charge in [0.15, 0.2) is 0 Å². The highest BCUT2D eigenvalue weighted by molar-refractivity contribution is 7.91. The largest absolute Gasteiger partial charge is 0.545 e. The molecule has 0 aliphatic carbocycles. The first-order chi connectivity index (χ1) is 9.10. The summed E-state index contributed by atoms with van der Waals surface area (Å²) in [5, 5.41) is 0. The van der Waals surface area contributed by atoms with Crippen molar-refractivity contribution in [2.24, 2.45) is 0 Å². The Morgan fingerprint density at radius 3 is 2.20 bits per heavy atom. The zero-order valence-corrected chi connectivity index (χ0v) is 11.7. The van der Waals surface area contributed by atoms with E-state index in [9.17, 15) is 26.2 Å². The Hall–Kier alpha value is -1.09. The quantitative estimate of drug-likeness (QED) is 0.588. The van der Waals surface area contributed by atoms with Crippen LogP contribution in [0.3, 0.4) is 0 Å². The van der Waals surface area contributed by atoms with Crippen molar-refractivity contribution in [2.75, 3.05) is 6.61 Å². The first-order valence-electron chi connectivity index (χ1n) is 5.11. The molecule has 0 aliphatic heterocycles. The minimum atomic E-state index is -6.11. The lowest BCUT2D eigenvalue weighted by Crippen LogP contribution is -2.25. The standard InChI is InChI=1S/C9H10F3O6PS/c1-2-16-19(13,17-8-6-4-3-5-7-8)18-20(14,15)9(10,11)12/h3-7H,2H2,1H3. The summed E-state index contributed by atoms with van der Waals surface area (Å²) in [5.74, 6) is -0.165.